The number of carbonyl (C=O) groups excluding carboxylic acids is 1. The van der Waals surface area contributed by atoms with Crippen molar-refractivity contribution in [3.05, 3.63) is 82.8 Å². The predicted molar refractivity (Wildman–Crippen MR) is 146 cm³/mol. The van der Waals surface area contributed by atoms with Crippen molar-refractivity contribution in [3.63, 3.8) is 0 Å². The number of benzene rings is 2. The minimum Gasteiger partial charge on any atom is -0.479 e. The molecule has 2 aromatic carbocycles. The van der Waals surface area contributed by atoms with Crippen LogP contribution in [0.4, 0.5) is 14.7 Å². The van der Waals surface area contributed by atoms with Gasteiger partial charge in [0.1, 0.15) is 11.6 Å². The van der Waals surface area contributed by atoms with Crippen LogP contribution in [0.15, 0.2) is 59.3 Å². The van der Waals surface area contributed by atoms with Crippen molar-refractivity contribution in [2.75, 3.05) is 17.9 Å². The lowest BCUT2D eigenvalue weighted by molar-refractivity contribution is 0.0973. The smallest absolute Gasteiger partial charge is 0.308 e. The number of pyridine rings is 1. The van der Waals surface area contributed by atoms with Gasteiger partial charge in [-0.3, -0.25) is 15.2 Å². The number of ether oxygens (including phenoxy) is 1. The molecule has 0 saturated heterocycles. The number of hydrogen-bond donors (Lipinski definition) is 2. The zero-order valence-corrected chi connectivity index (χ0v) is 22.6. The number of tetrazole rings is 1. The number of carbonyl (C=O) groups is 1. The molecule has 0 saturated carbocycles. The molecule has 6 aromatic rings. The van der Waals surface area contributed by atoms with Crippen LogP contribution in [0.5, 0.6) is 5.88 Å². The second-order valence-corrected chi connectivity index (χ2v) is 9.29. The normalized spacial score (nSPS) is 11.2. The SMILES string of the molecule is COc1cc(C(=O)Nn2c(NCc3ncc(-c4cc(Cl)cc(F)c4-c4nnn(C)n4)cc3F)nc3ccccc32)on1. The number of nitrogens with zero attached hydrogens (tertiary/aromatic N) is 8. The Morgan fingerprint density at radius 3 is 2.71 bits per heavy atom. The maximum atomic E-state index is 15.3. The van der Waals surface area contributed by atoms with Gasteiger partial charge < -0.3 is 14.6 Å². The molecule has 4 aromatic heterocycles. The maximum Gasteiger partial charge on any atom is 0.308 e. The fourth-order valence-corrected chi connectivity index (χ4v) is 4.40. The zero-order valence-electron chi connectivity index (χ0n) is 21.8. The average molecular weight is 593 g/mol. The summed E-state index contributed by atoms with van der Waals surface area (Å²) in [4.78, 5) is 22.7. The van der Waals surface area contributed by atoms with Crippen LogP contribution in [0.3, 0.4) is 0 Å². The molecule has 212 valence electrons. The lowest BCUT2D eigenvalue weighted by atomic mass is 9.99. The summed E-state index contributed by atoms with van der Waals surface area (Å²) in [5.41, 5.74) is 4.35. The van der Waals surface area contributed by atoms with Gasteiger partial charge in [-0.2, -0.15) is 4.80 Å². The number of aromatic nitrogens is 8. The third kappa shape index (κ3) is 5.08. The third-order valence-electron chi connectivity index (χ3n) is 6.12. The summed E-state index contributed by atoms with van der Waals surface area (Å²) >= 11 is 6.10. The average Bonchev–Trinajstić information content (AvgIpc) is 3.71. The van der Waals surface area contributed by atoms with E-state index in [1.165, 1.54) is 48.0 Å². The lowest BCUT2D eigenvalue weighted by Gasteiger charge is -2.12. The molecule has 0 bridgehead atoms. The van der Waals surface area contributed by atoms with Crippen molar-refractivity contribution in [1.82, 2.24) is 40.0 Å². The monoisotopic (exact) mass is 592 g/mol. The van der Waals surface area contributed by atoms with E-state index in [-0.39, 0.29) is 57.4 Å². The largest absolute Gasteiger partial charge is 0.479 e. The molecule has 0 spiro atoms. The van der Waals surface area contributed by atoms with Crippen molar-refractivity contribution < 1.29 is 22.8 Å². The highest BCUT2D eigenvalue weighted by Gasteiger charge is 2.21. The highest BCUT2D eigenvalue weighted by atomic mass is 35.5. The number of para-hydroxylation sites is 2. The van der Waals surface area contributed by atoms with Crippen molar-refractivity contribution in [1.29, 1.82) is 0 Å². The number of halogens is 3. The zero-order chi connectivity index (χ0) is 29.4. The first-order valence-electron chi connectivity index (χ1n) is 12.2. The van der Waals surface area contributed by atoms with Gasteiger partial charge in [0.15, 0.2) is 0 Å². The Bertz CT molecular complexity index is 1950. The van der Waals surface area contributed by atoms with Gasteiger partial charge >= 0.3 is 5.91 Å². The minimum atomic E-state index is -0.693. The van der Waals surface area contributed by atoms with Crippen LogP contribution in [-0.4, -0.2) is 53.0 Å². The van der Waals surface area contributed by atoms with Crippen molar-refractivity contribution in [2.45, 2.75) is 6.54 Å². The van der Waals surface area contributed by atoms with Crippen LogP contribution in [0.25, 0.3) is 33.5 Å². The molecular weight excluding hydrogens is 574 g/mol. The van der Waals surface area contributed by atoms with Crippen LogP contribution >= 0.6 is 11.6 Å². The van der Waals surface area contributed by atoms with E-state index in [2.05, 4.69) is 41.3 Å². The molecule has 0 radical (unpaired) electrons. The summed E-state index contributed by atoms with van der Waals surface area (Å²) in [7, 11) is 2.93. The van der Waals surface area contributed by atoms with Crippen LogP contribution in [0.1, 0.15) is 16.2 Å². The molecule has 0 aliphatic carbocycles. The Morgan fingerprint density at radius 1 is 1.14 bits per heavy atom. The van der Waals surface area contributed by atoms with Crippen molar-refractivity contribution >= 4 is 34.5 Å². The summed E-state index contributed by atoms with van der Waals surface area (Å²) in [6, 6.07) is 12.2. The molecule has 0 unspecified atom stereocenters. The first kappa shape index (κ1) is 26.8. The number of methoxy groups -OCH3 is 1. The quantitative estimate of drug-likeness (QED) is 0.263. The van der Waals surface area contributed by atoms with E-state index in [9.17, 15) is 9.18 Å². The van der Waals surface area contributed by atoms with E-state index in [0.29, 0.717) is 11.0 Å². The van der Waals surface area contributed by atoms with Gasteiger partial charge in [-0.1, -0.05) is 23.7 Å². The topological polar surface area (TPSA) is 151 Å². The molecule has 4 heterocycles. The molecule has 6 rings (SSSR count). The van der Waals surface area contributed by atoms with E-state index < -0.39 is 17.5 Å². The van der Waals surface area contributed by atoms with Gasteiger partial charge in [0.05, 0.1) is 49.1 Å². The van der Waals surface area contributed by atoms with E-state index in [1.54, 1.807) is 24.3 Å². The minimum absolute atomic E-state index is 0.00779. The Morgan fingerprint density at radius 2 is 1.98 bits per heavy atom. The second kappa shape index (κ2) is 10.9. The summed E-state index contributed by atoms with van der Waals surface area (Å²) in [6.45, 7) is -0.107. The molecule has 42 heavy (non-hydrogen) atoms. The van der Waals surface area contributed by atoms with Gasteiger partial charge in [0, 0.05) is 16.8 Å². The van der Waals surface area contributed by atoms with Gasteiger partial charge in [-0.15, -0.1) is 10.2 Å². The van der Waals surface area contributed by atoms with E-state index >= 15 is 4.39 Å². The summed E-state index contributed by atoms with van der Waals surface area (Å²) < 4.78 is 41.7. The molecule has 0 aliphatic heterocycles. The number of fused-ring (bicyclic) bond motifs is 1. The number of anilines is 1. The number of amides is 1. The van der Waals surface area contributed by atoms with Gasteiger partial charge in [0.25, 0.3) is 5.88 Å². The second-order valence-electron chi connectivity index (χ2n) is 8.85. The van der Waals surface area contributed by atoms with Gasteiger partial charge in [-0.25, -0.2) is 18.4 Å². The van der Waals surface area contributed by atoms with E-state index in [1.807, 2.05) is 0 Å². The number of nitrogens with one attached hydrogen (secondary N) is 2. The first-order valence-corrected chi connectivity index (χ1v) is 12.6. The van der Waals surface area contributed by atoms with Crippen LogP contribution in [0.2, 0.25) is 5.02 Å². The van der Waals surface area contributed by atoms with Gasteiger partial charge in [0.2, 0.25) is 17.5 Å². The first-order chi connectivity index (χ1) is 20.3. The molecule has 0 fully saturated rings. The predicted octanol–water partition coefficient (Wildman–Crippen LogP) is 4.21. The standard InChI is InChI=1S/C26H19ClF2N10O3/c1-38-34-24(33-37-38)23-15(8-14(27)9-17(23)29)13-7-16(28)19(30-11-13)12-31-26-32-18-5-3-4-6-20(18)39(26)35-25(40)21-10-22(41-2)36-42-21/h3-11H,12H2,1-2H3,(H,31,32)(H,35,40). The van der Waals surface area contributed by atoms with E-state index in [4.69, 9.17) is 20.9 Å². The fourth-order valence-electron chi connectivity index (χ4n) is 4.20. The number of aryl methyl sites for hydroxylation is 1. The van der Waals surface area contributed by atoms with Crippen molar-refractivity contribution in [3.8, 4) is 28.4 Å². The Kier molecular flexibility index (Phi) is 6.92. The molecule has 0 atom stereocenters. The highest BCUT2D eigenvalue weighted by Crippen LogP contribution is 2.35. The number of imidazole rings is 1. The molecule has 13 nitrogen and oxygen atoms in total. The molecule has 0 aliphatic rings. The van der Waals surface area contributed by atoms with Crippen molar-refractivity contribution in [2.24, 2.45) is 7.05 Å². The lowest BCUT2D eigenvalue weighted by Crippen LogP contribution is -2.24. The Hall–Kier alpha value is -5.44. The number of rotatable bonds is 8. The van der Waals surface area contributed by atoms with Gasteiger partial charge in [-0.05, 0) is 46.3 Å². The summed E-state index contributed by atoms with van der Waals surface area (Å²) in [5, 5.41) is 18.4. The van der Waals surface area contributed by atoms with E-state index in [0.717, 1.165) is 6.07 Å². The third-order valence-corrected chi connectivity index (χ3v) is 6.34. The van der Waals surface area contributed by atoms with Crippen LogP contribution < -0.4 is 15.5 Å². The summed E-state index contributed by atoms with van der Waals surface area (Å²) in [6.07, 6.45) is 1.38. The fraction of sp³-hybridized carbons (Fsp3) is 0.115. The Balaban J connectivity index is 1.28. The molecular formula is C26H19ClF2N10O3. The summed E-state index contributed by atoms with van der Waals surface area (Å²) in [5.74, 6) is -1.73. The molecule has 2 N–H and O–H groups in total. The molecule has 1 amide bonds. The van der Waals surface area contributed by atoms with Crippen LogP contribution in [-0.2, 0) is 13.6 Å². The molecule has 16 heteroatoms. The maximum absolute atomic E-state index is 15.3. The highest BCUT2D eigenvalue weighted by molar-refractivity contribution is 6.31. The number of hydrogen-bond acceptors (Lipinski definition) is 10. The van der Waals surface area contributed by atoms with Crippen LogP contribution in [0, 0.1) is 11.6 Å². The Labute approximate surface area is 240 Å².